The lowest BCUT2D eigenvalue weighted by Crippen LogP contribution is -2.71. The molecule has 0 saturated carbocycles. The van der Waals surface area contributed by atoms with Gasteiger partial charge in [0.1, 0.15) is 23.2 Å². The summed E-state index contributed by atoms with van der Waals surface area (Å²) >= 11 is 4.74. The number of rotatable bonds is 4. The van der Waals surface area contributed by atoms with E-state index in [1.165, 1.54) is 16.7 Å². The highest BCUT2D eigenvalue weighted by Crippen LogP contribution is 2.40. The van der Waals surface area contributed by atoms with Gasteiger partial charge in [-0.2, -0.15) is 0 Å². The van der Waals surface area contributed by atoms with Crippen LogP contribution < -0.4 is 11.1 Å². The summed E-state index contributed by atoms with van der Waals surface area (Å²) in [5, 5.41) is 14.4. The van der Waals surface area contributed by atoms with Crippen LogP contribution in [0, 0.1) is 0 Å². The fraction of sp³-hybridized carbons (Fsp3) is 0.500. The molecule has 0 spiro atoms. The predicted octanol–water partition coefficient (Wildman–Crippen LogP) is 0.394. The molecule has 3 heterocycles. The Hall–Kier alpha value is -1.10. The molecule has 3 rings (SSSR count). The van der Waals surface area contributed by atoms with Crippen LogP contribution in [0.4, 0.5) is 0 Å². The number of nitrogens with one attached hydrogen (secondary N) is 1. The van der Waals surface area contributed by atoms with Gasteiger partial charge in [-0.15, -0.1) is 35.3 Å². The van der Waals surface area contributed by atoms with Gasteiger partial charge in [0.15, 0.2) is 0 Å². The highest BCUT2D eigenvalue weighted by atomic mass is 32.2. The first-order chi connectivity index (χ1) is 11.4. The van der Waals surface area contributed by atoms with Crippen molar-refractivity contribution in [3.8, 4) is 0 Å². The third kappa shape index (κ3) is 3.07. The molecule has 0 aromatic heterocycles. The zero-order chi connectivity index (χ0) is 17.4. The van der Waals surface area contributed by atoms with E-state index in [0.29, 0.717) is 17.1 Å². The Kier molecular flexibility index (Phi) is 5.19. The number of thioether (sulfide) groups is 3. The van der Waals surface area contributed by atoms with Crippen LogP contribution in [0.15, 0.2) is 22.3 Å². The average Bonchev–Trinajstić information content (AvgIpc) is 2.59. The van der Waals surface area contributed by atoms with Gasteiger partial charge in [0, 0.05) is 16.6 Å². The molecule has 2 unspecified atom stereocenters. The number of hydrogen-bond donors (Lipinski definition) is 3. The lowest BCUT2D eigenvalue weighted by molar-refractivity contribution is -0.150. The van der Waals surface area contributed by atoms with Gasteiger partial charge in [-0.25, -0.2) is 4.79 Å². The normalized spacial score (nSPS) is 27.8. The van der Waals surface area contributed by atoms with Crippen molar-refractivity contribution in [2.45, 2.75) is 24.4 Å². The van der Waals surface area contributed by atoms with Crippen LogP contribution in [0.25, 0.3) is 0 Å². The number of fused-ring (bicyclic) bond motifs is 1. The summed E-state index contributed by atoms with van der Waals surface area (Å²) in [7, 11) is 0. The first-order valence-electron chi connectivity index (χ1n) is 7.23. The van der Waals surface area contributed by atoms with Crippen LogP contribution >= 0.6 is 35.3 Å². The third-order valence-corrected chi connectivity index (χ3v) is 7.64. The molecule has 24 heavy (non-hydrogen) atoms. The fourth-order valence-electron chi connectivity index (χ4n) is 2.73. The molecule has 130 valence electrons. The molecular weight excluding hydrogens is 370 g/mol. The van der Waals surface area contributed by atoms with Crippen molar-refractivity contribution >= 4 is 53.1 Å². The van der Waals surface area contributed by atoms with Crippen LogP contribution in [-0.2, 0) is 14.4 Å². The molecule has 7 nitrogen and oxygen atoms in total. The van der Waals surface area contributed by atoms with Gasteiger partial charge < -0.3 is 16.2 Å². The van der Waals surface area contributed by atoms with Gasteiger partial charge in [0.25, 0.3) is 5.91 Å². The molecule has 3 aliphatic heterocycles. The van der Waals surface area contributed by atoms with Crippen molar-refractivity contribution in [1.82, 2.24) is 10.2 Å². The first-order valence-corrected chi connectivity index (χ1v) is 10.5. The quantitative estimate of drug-likeness (QED) is 0.594. The highest BCUT2D eigenvalue weighted by molar-refractivity contribution is 8.18. The Morgan fingerprint density at radius 1 is 1.46 bits per heavy atom. The smallest absolute Gasteiger partial charge is 0.352 e. The van der Waals surface area contributed by atoms with E-state index in [0.717, 1.165) is 10.7 Å². The molecule has 3 aliphatic rings. The minimum absolute atomic E-state index is 0.0290. The third-order valence-electron chi connectivity index (χ3n) is 4.00. The summed E-state index contributed by atoms with van der Waals surface area (Å²) < 4.78 is 0. The number of β-lactam (4-membered cyclic amide) rings is 1. The summed E-state index contributed by atoms with van der Waals surface area (Å²) in [5.74, 6) is -0.686. The van der Waals surface area contributed by atoms with Crippen LogP contribution in [0.2, 0.25) is 0 Å². The van der Waals surface area contributed by atoms with E-state index in [4.69, 9.17) is 5.73 Å². The van der Waals surface area contributed by atoms with Gasteiger partial charge >= 0.3 is 5.97 Å². The Morgan fingerprint density at radius 2 is 2.21 bits per heavy atom. The van der Waals surface area contributed by atoms with Crippen molar-refractivity contribution in [2.24, 2.45) is 5.73 Å². The van der Waals surface area contributed by atoms with E-state index < -0.39 is 29.9 Å². The number of nitrogens with two attached hydrogens (primary N) is 1. The van der Waals surface area contributed by atoms with Crippen molar-refractivity contribution in [3.05, 3.63) is 22.3 Å². The van der Waals surface area contributed by atoms with Crippen molar-refractivity contribution < 1.29 is 19.5 Å². The monoisotopic (exact) mass is 387 g/mol. The number of aliphatic carboxylic acids is 1. The number of carbonyl (C=O) groups excluding carboxylic acids is 2. The lowest BCUT2D eigenvalue weighted by Gasteiger charge is -2.49. The Bertz CT molecular complexity index is 664. The van der Waals surface area contributed by atoms with E-state index in [9.17, 15) is 19.5 Å². The summed E-state index contributed by atoms with van der Waals surface area (Å²) in [5.41, 5.74) is 7.51. The van der Waals surface area contributed by atoms with Gasteiger partial charge in [-0.1, -0.05) is 0 Å². The zero-order valence-corrected chi connectivity index (χ0v) is 15.3. The van der Waals surface area contributed by atoms with Gasteiger partial charge in [-0.3, -0.25) is 14.5 Å². The number of amides is 2. The highest BCUT2D eigenvalue weighted by Gasteiger charge is 2.53. The molecule has 0 aliphatic carbocycles. The molecule has 0 bridgehead atoms. The molecule has 0 radical (unpaired) electrons. The van der Waals surface area contributed by atoms with Crippen molar-refractivity contribution in [1.29, 1.82) is 0 Å². The minimum Gasteiger partial charge on any atom is -0.477 e. The Morgan fingerprint density at radius 3 is 2.83 bits per heavy atom. The predicted molar refractivity (Wildman–Crippen MR) is 96.3 cm³/mol. The number of carboxylic acids is 1. The number of hydrogen-bond acceptors (Lipinski definition) is 7. The lowest BCUT2D eigenvalue weighted by atomic mass is 10.0. The SMILES string of the molecule is CC1=C(C(=O)O)N2C(=O)C(NC(=O)[C@H](N)C3=CSCSC3)C2SC1. The van der Waals surface area contributed by atoms with Crippen LogP contribution in [-0.4, -0.2) is 61.8 Å². The zero-order valence-electron chi connectivity index (χ0n) is 12.9. The Labute approximate surface area is 151 Å². The van der Waals surface area contributed by atoms with E-state index in [-0.39, 0.29) is 11.1 Å². The number of nitrogens with zero attached hydrogens (tertiary/aromatic N) is 1. The average molecular weight is 388 g/mol. The van der Waals surface area contributed by atoms with Crippen LogP contribution in [0.1, 0.15) is 6.92 Å². The van der Waals surface area contributed by atoms with Gasteiger partial charge in [0.05, 0.1) is 0 Å². The maximum atomic E-state index is 12.3. The van der Waals surface area contributed by atoms with E-state index in [2.05, 4.69) is 5.32 Å². The summed E-state index contributed by atoms with van der Waals surface area (Å²) in [6.45, 7) is 1.70. The van der Waals surface area contributed by atoms with Crippen molar-refractivity contribution in [2.75, 3.05) is 16.6 Å². The molecule has 0 aromatic carbocycles. The first kappa shape index (κ1) is 17.7. The molecule has 1 fully saturated rings. The van der Waals surface area contributed by atoms with E-state index >= 15 is 0 Å². The second-order valence-electron chi connectivity index (χ2n) is 5.63. The van der Waals surface area contributed by atoms with Crippen LogP contribution in [0.5, 0.6) is 0 Å². The number of carboxylic acid groups (broad SMARTS) is 1. The summed E-state index contributed by atoms with van der Waals surface area (Å²) in [6.07, 6.45) is 0. The molecule has 1 saturated heterocycles. The summed E-state index contributed by atoms with van der Waals surface area (Å²) in [4.78, 5) is 37.3. The topological polar surface area (TPSA) is 113 Å². The van der Waals surface area contributed by atoms with E-state index in [1.807, 2.05) is 5.41 Å². The molecule has 2 amide bonds. The van der Waals surface area contributed by atoms with Gasteiger partial charge in [-0.05, 0) is 23.5 Å². The Balaban J connectivity index is 1.68. The fourth-order valence-corrected chi connectivity index (χ4v) is 6.06. The second-order valence-corrected chi connectivity index (χ2v) is 8.95. The molecule has 0 aromatic rings. The number of carbonyl (C=O) groups is 3. The van der Waals surface area contributed by atoms with E-state index in [1.54, 1.807) is 30.4 Å². The standard InChI is InChI=1S/C14H17N3O4S3/c1-6-2-24-13-9(12(19)17(13)10(6)14(20)21)16-11(18)8(15)7-3-22-5-23-4-7/h3,8-9,13H,2,4-5,15H2,1H3,(H,16,18)(H,20,21)/t8-,9?,13?/m1/s1. The molecule has 3 atom stereocenters. The summed E-state index contributed by atoms with van der Waals surface area (Å²) in [6, 6.07) is -1.50. The molecule has 4 N–H and O–H groups in total. The molecule has 10 heteroatoms. The maximum absolute atomic E-state index is 12.3. The van der Waals surface area contributed by atoms with Gasteiger partial charge in [0.2, 0.25) is 5.91 Å². The largest absolute Gasteiger partial charge is 0.477 e. The minimum atomic E-state index is -1.12. The molecular formula is C14H17N3O4S3. The van der Waals surface area contributed by atoms with Crippen LogP contribution in [0.3, 0.4) is 0 Å². The maximum Gasteiger partial charge on any atom is 0.352 e. The van der Waals surface area contributed by atoms with Crippen molar-refractivity contribution in [3.63, 3.8) is 0 Å². The second kappa shape index (κ2) is 7.03.